The molecule has 30 heavy (non-hydrogen) atoms. The van der Waals surface area contributed by atoms with Crippen LogP contribution >= 0.6 is 0 Å². The van der Waals surface area contributed by atoms with Gasteiger partial charge in [0.1, 0.15) is 11.4 Å². The van der Waals surface area contributed by atoms with Gasteiger partial charge in [-0.1, -0.05) is 30.3 Å². The standard InChI is InChI=1S/C24H34N4O2/c1-24(2,3)30-21-13-8-7-11-20(21)17-27-23(25-4)26-15-14-18-10-9-12-19(16-18)22(29)28(5)6/h7-13,16H,14-15,17H2,1-6H3,(H2,25,26,27). The van der Waals surface area contributed by atoms with E-state index in [-0.39, 0.29) is 11.5 Å². The molecule has 0 spiro atoms. The molecule has 0 aromatic heterocycles. The van der Waals surface area contributed by atoms with Gasteiger partial charge in [-0.25, -0.2) is 0 Å². The van der Waals surface area contributed by atoms with Gasteiger partial charge in [0.15, 0.2) is 5.96 Å². The summed E-state index contributed by atoms with van der Waals surface area (Å²) in [5.74, 6) is 1.61. The first-order valence-electron chi connectivity index (χ1n) is 10.2. The molecule has 2 N–H and O–H groups in total. The highest BCUT2D eigenvalue weighted by molar-refractivity contribution is 5.94. The summed E-state index contributed by atoms with van der Waals surface area (Å²) in [6.07, 6.45) is 0.791. The first kappa shape index (κ1) is 23.3. The van der Waals surface area contributed by atoms with E-state index in [0.29, 0.717) is 18.7 Å². The zero-order chi connectivity index (χ0) is 22.1. The minimum Gasteiger partial charge on any atom is -0.488 e. The fourth-order valence-corrected chi connectivity index (χ4v) is 2.92. The van der Waals surface area contributed by atoms with Crippen molar-refractivity contribution in [3.8, 4) is 5.75 Å². The van der Waals surface area contributed by atoms with E-state index in [2.05, 4.69) is 21.7 Å². The summed E-state index contributed by atoms with van der Waals surface area (Å²) in [4.78, 5) is 18.0. The smallest absolute Gasteiger partial charge is 0.253 e. The van der Waals surface area contributed by atoms with Crippen LogP contribution in [0.15, 0.2) is 53.5 Å². The molecule has 0 aliphatic rings. The van der Waals surface area contributed by atoms with Crippen molar-refractivity contribution in [2.24, 2.45) is 4.99 Å². The second kappa shape index (κ2) is 10.7. The number of guanidine groups is 1. The summed E-state index contributed by atoms with van der Waals surface area (Å²) < 4.78 is 6.05. The van der Waals surface area contributed by atoms with Gasteiger partial charge in [-0.15, -0.1) is 0 Å². The van der Waals surface area contributed by atoms with Crippen LogP contribution in [0.2, 0.25) is 0 Å². The SMILES string of the molecule is CN=C(NCCc1cccc(C(=O)N(C)C)c1)NCc1ccccc1OC(C)(C)C. The molecular formula is C24H34N4O2. The van der Waals surface area contributed by atoms with Crippen LogP contribution in [0, 0.1) is 0 Å². The lowest BCUT2D eigenvalue weighted by molar-refractivity contribution is 0.0827. The van der Waals surface area contributed by atoms with E-state index in [1.807, 2.05) is 63.2 Å². The molecule has 0 bridgehead atoms. The second-order valence-corrected chi connectivity index (χ2v) is 8.32. The first-order valence-corrected chi connectivity index (χ1v) is 10.2. The van der Waals surface area contributed by atoms with Gasteiger partial charge in [0.25, 0.3) is 5.91 Å². The maximum atomic E-state index is 12.1. The molecule has 2 aromatic rings. The number of amides is 1. The molecule has 0 aliphatic heterocycles. The van der Waals surface area contributed by atoms with E-state index in [1.165, 1.54) is 0 Å². The maximum absolute atomic E-state index is 12.1. The van der Waals surface area contributed by atoms with Gasteiger partial charge in [-0.3, -0.25) is 9.79 Å². The predicted octanol–water partition coefficient (Wildman–Crippen LogP) is 3.47. The maximum Gasteiger partial charge on any atom is 0.253 e. The molecule has 6 heteroatoms. The molecule has 2 rings (SSSR count). The van der Waals surface area contributed by atoms with Crippen molar-refractivity contribution in [3.63, 3.8) is 0 Å². The lowest BCUT2D eigenvalue weighted by atomic mass is 10.1. The van der Waals surface area contributed by atoms with Crippen LogP contribution < -0.4 is 15.4 Å². The van der Waals surface area contributed by atoms with Gasteiger partial charge < -0.3 is 20.3 Å². The van der Waals surface area contributed by atoms with E-state index >= 15 is 0 Å². The normalized spacial score (nSPS) is 11.7. The van der Waals surface area contributed by atoms with Crippen molar-refractivity contribution in [2.75, 3.05) is 27.7 Å². The van der Waals surface area contributed by atoms with Crippen LogP contribution in [0.1, 0.15) is 42.3 Å². The van der Waals surface area contributed by atoms with Crippen molar-refractivity contribution in [1.29, 1.82) is 0 Å². The Bertz CT molecular complexity index is 870. The molecule has 0 atom stereocenters. The van der Waals surface area contributed by atoms with Crippen LogP contribution in [-0.4, -0.2) is 50.1 Å². The largest absolute Gasteiger partial charge is 0.488 e. The Morgan fingerprint density at radius 3 is 2.47 bits per heavy atom. The van der Waals surface area contributed by atoms with E-state index < -0.39 is 0 Å². The topological polar surface area (TPSA) is 66.0 Å². The van der Waals surface area contributed by atoms with Gasteiger partial charge in [-0.05, 0) is 51.0 Å². The first-order chi connectivity index (χ1) is 14.2. The molecule has 6 nitrogen and oxygen atoms in total. The van der Waals surface area contributed by atoms with Crippen LogP contribution in [0.25, 0.3) is 0 Å². The lowest BCUT2D eigenvalue weighted by Gasteiger charge is -2.23. The summed E-state index contributed by atoms with van der Waals surface area (Å²) in [5.41, 5.74) is 2.63. The fraction of sp³-hybridized carbons (Fsp3) is 0.417. The minimum atomic E-state index is -0.251. The Morgan fingerprint density at radius 2 is 1.80 bits per heavy atom. The van der Waals surface area contributed by atoms with Gasteiger partial charge in [0.2, 0.25) is 0 Å². The molecule has 0 saturated carbocycles. The number of aliphatic imine (C=N–C) groups is 1. The third-order valence-corrected chi connectivity index (χ3v) is 4.34. The number of rotatable bonds is 7. The number of nitrogens with one attached hydrogen (secondary N) is 2. The zero-order valence-electron chi connectivity index (χ0n) is 19.0. The fourth-order valence-electron chi connectivity index (χ4n) is 2.92. The van der Waals surface area contributed by atoms with E-state index in [4.69, 9.17) is 4.74 Å². The van der Waals surface area contributed by atoms with E-state index in [9.17, 15) is 4.79 Å². The number of hydrogen-bond acceptors (Lipinski definition) is 3. The van der Waals surface area contributed by atoms with Crippen LogP contribution in [-0.2, 0) is 13.0 Å². The summed E-state index contributed by atoms with van der Waals surface area (Å²) in [7, 11) is 5.27. The zero-order valence-corrected chi connectivity index (χ0v) is 19.0. The molecule has 0 aliphatic carbocycles. The van der Waals surface area contributed by atoms with Crippen molar-refractivity contribution in [3.05, 3.63) is 65.2 Å². The number of nitrogens with zero attached hydrogens (tertiary/aromatic N) is 2. The Kier molecular flexibility index (Phi) is 8.27. The molecule has 0 radical (unpaired) electrons. The van der Waals surface area contributed by atoms with Gasteiger partial charge in [0.05, 0.1) is 0 Å². The van der Waals surface area contributed by atoms with Crippen molar-refractivity contribution in [2.45, 2.75) is 39.3 Å². The Labute approximate surface area is 180 Å². The van der Waals surface area contributed by atoms with E-state index in [0.717, 1.165) is 29.3 Å². The summed E-state index contributed by atoms with van der Waals surface area (Å²) in [6, 6.07) is 15.8. The Balaban J connectivity index is 1.90. The number of carbonyl (C=O) groups excluding carboxylic acids is 1. The third-order valence-electron chi connectivity index (χ3n) is 4.34. The second-order valence-electron chi connectivity index (χ2n) is 8.32. The molecule has 0 fully saturated rings. The van der Waals surface area contributed by atoms with Crippen molar-refractivity contribution >= 4 is 11.9 Å². The van der Waals surface area contributed by atoms with Gasteiger partial charge in [-0.2, -0.15) is 0 Å². The van der Waals surface area contributed by atoms with E-state index in [1.54, 1.807) is 26.0 Å². The number of carbonyl (C=O) groups is 1. The predicted molar refractivity (Wildman–Crippen MR) is 123 cm³/mol. The van der Waals surface area contributed by atoms with Crippen LogP contribution in [0.4, 0.5) is 0 Å². The van der Waals surface area contributed by atoms with Crippen molar-refractivity contribution in [1.82, 2.24) is 15.5 Å². The van der Waals surface area contributed by atoms with Crippen LogP contribution in [0.5, 0.6) is 5.75 Å². The average Bonchev–Trinajstić information content (AvgIpc) is 2.70. The Hall–Kier alpha value is -3.02. The lowest BCUT2D eigenvalue weighted by Crippen LogP contribution is -2.38. The average molecular weight is 411 g/mol. The third kappa shape index (κ3) is 7.43. The molecule has 0 saturated heterocycles. The number of para-hydroxylation sites is 1. The minimum absolute atomic E-state index is 0.0124. The van der Waals surface area contributed by atoms with Crippen LogP contribution in [0.3, 0.4) is 0 Å². The monoisotopic (exact) mass is 410 g/mol. The highest BCUT2D eigenvalue weighted by Gasteiger charge is 2.14. The number of hydrogen-bond donors (Lipinski definition) is 2. The molecule has 0 unspecified atom stereocenters. The molecule has 0 heterocycles. The summed E-state index contributed by atoms with van der Waals surface area (Å²) in [5, 5.41) is 6.67. The molecular weight excluding hydrogens is 376 g/mol. The van der Waals surface area contributed by atoms with Crippen molar-refractivity contribution < 1.29 is 9.53 Å². The number of ether oxygens (including phenoxy) is 1. The number of benzene rings is 2. The highest BCUT2D eigenvalue weighted by atomic mass is 16.5. The highest BCUT2D eigenvalue weighted by Crippen LogP contribution is 2.22. The summed E-state index contributed by atoms with van der Waals surface area (Å²) >= 11 is 0. The van der Waals surface area contributed by atoms with Gasteiger partial charge >= 0.3 is 0 Å². The quantitative estimate of drug-likeness (QED) is 0.542. The molecule has 162 valence electrons. The van der Waals surface area contributed by atoms with Gasteiger partial charge in [0, 0.05) is 45.4 Å². The Morgan fingerprint density at radius 1 is 1.07 bits per heavy atom. The molecule has 1 amide bonds. The summed E-state index contributed by atoms with van der Waals surface area (Å²) in [6.45, 7) is 7.44. The molecule has 2 aromatic carbocycles.